The summed E-state index contributed by atoms with van der Waals surface area (Å²) in [5.74, 6) is 0. The van der Waals surface area contributed by atoms with E-state index in [9.17, 15) is 0 Å². The van der Waals surface area contributed by atoms with Gasteiger partial charge in [0, 0.05) is 11.3 Å². The Morgan fingerprint density at radius 1 is 1.80 bits per heavy atom. The van der Waals surface area contributed by atoms with Crippen LogP contribution in [0.25, 0.3) is 0 Å². The molecule has 1 nitrogen and oxygen atoms in total. The van der Waals surface area contributed by atoms with E-state index in [0.29, 0.717) is 0 Å². The van der Waals surface area contributed by atoms with Crippen molar-refractivity contribution < 1.29 is 0 Å². The summed E-state index contributed by atoms with van der Waals surface area (Å²) in [5, 5.41) is 1.04. The Labute approximate surface area is 72.1 Å². The monoisotopic (exact) mass is 189 g/mol. The molecule has 1 aromatic heterocycles. The van der Waals surface area contributed by atoms with Crippen LogP contribution in [0.2, 0.25) is 4.07 Å². The Kier molecular flexibility index (Phi) is 2.76. The van der Waals surface area contributed by atoms with Gasteiger partial charge in [0.05, 0.1) is 0 Å². The van der Waals surface area contributed by atoms with E-state index >= 15 is 0 Å². The molecule has 2 N–H and O–H groups in total. The van der Waals surface area contributed by atoms with Crippen LogP contribution in [0.3, 0.4) is 0 Å². The van der Waals surface area contributed by atoms with Gasteiger partial charge in [0.2, 0.25) is 0 Å². The van der Waals surface area contributed by atoms with E-state index in [-0.39, 0.29) is 6.04 Å². The maximum Gasteiger partial charge on any atom is 0.129 e. The summed E-state index contributed by atoms with van der Waals surface area (Å²) in [6.07, 6.45) is 0. The molecule has 0 saturated heterocycles. The van der Waals surface area contributed by atoms with Crippen molar-refractivity contribution in [3.63, 3.8) is 0 Å². The van der Waals surface area contributed by atoms with Crippen molar-refractivity contribution in [2.24, 2.45) is 5.73 Å². The van der Waals surface area contributed by atoms with Crippen LogP contribution in [0, 0.1) is 0 Å². The predicted molar refractivity (Wildman–Crippen MR) is 49.8 cm³/mol. The van der Waals surface area contributed by atoms with Crippen LogP contribution in [0.1, 0.15) is 18.3 Å². The molecule has 1 unspecified atom stereocenters. The van der Waals surface area contributed by atoms with Crippen LogP contribution in [0.15, 0.2) is 0 Å². The number of rotatable bonds is 1. The van der Waals surface area contributed by atoms with Crippen molar-refractivity contribution in [3.8, 4) is 0 Å². The molecule has 1 aromatic rings. The first-order valence-corrected chi connectivity index (χ1v) is 4.87. The van der Waals surface area contributed by atoms with Crippen molar-refractivity contribution in [1.82, 2.24) is 0 Å². The average molecular weight is 189 g/mol. The van der Waals surface area contributed by atoms with Gasteiger partial charge in [-0.05, 0) is 19.9 Å². The minimum atomic E-state index is 0.0189. The second-order valence-corrected chi connectivity index (χ2v) is 5.38. The van der Waals surface area contributed by atoms with Crippen LogP contribution in [0.5, 0.6) is 0 Å². The van der Waals surface area contributed by atoms with Crippen molar-refractivity contribution in [2.45, 2.75) is 13.0 Å². The molecular formula is C5H6BClNPS. The molecule has 0 aliphatic heterocycles. The fourth-order valence-electron chi connectivity index (χ4n) is 0.642. The molecule has 0 aromatic carbocycles. The Bertz CT molecular complexity index is 238. The Morgan fingerprint density at radius 2 is 2.40 bits per heavy atom. The van der Waals surface area contributed by atoms with Gasteiger partial charge in [-0.1, -0.05) is 11.6 Å². The van der Waals surface area contributed by atoms with Crippen LogP contribution in [0.4, 0.5) is 0 Å². The van der Waals surface area contributed by atoms with Crippen LogP contribution >= 0.6 is 31.1 Å². The van der Waals surface area contributed by atoms with Crippen LogP contribution in [-0.4, -0.2) is 7.85 Å². The third-order valence-corrected chi connectivity index (χ3v) is 3.94. The summed E-state index contributed by atoms with van der Waals surface area (Å²) < 4.78 is 1.56. The fraction of sp³-hybridized carbons (Fsp3) is 0.400. The van der Waals surface area contributed by atoms with Crippen molar-refractivity contribution in [1.29, 1.82) is 0 Å². The predicted octanol–water partition coefficient (Wildman–Crippen LogP) is 1.80. The molecule has 1 atom stereocenters. The van der Waals surface area contributed by atoms with Gasteiger partial charge in [0.1, 0.15) is 11.9 Å². The maximum atomic E-state index is 5.74. The normalized spacial score (nSPS) is 14.3. The van der Waals surface area contributed by atoms with Gasteiger partial charge in [0.25, 0.3) is 0 Å². The third-order valence-electron chi connectivity index (χ3n) is 1.09. The van der Waals surface area contributed by atoms with Crippen molar-refractivity contribution >= 4 is 43.8 Å². The lowest BCUT2D eigenvalue weighted by Gasteiger charge is -2.00. The molecule has 0 spiro atoms. The van der Waals surface area contributed by atoms with E-state index in [0.717, 1.165) is 22.3 Å². The molecule has 0 aliphatic rings. The molecule has 0 amide bonds. The van der Waals surface area contributed by atoms with E-state index in [2.05, 4.69) is 0 Å². The molecular weight excluding hydrogens is 183 g/mol. The van der Waals surface area contributed by atoms with Gasteiger partial charge >= 0.3 is 0 Å². The number of hydrogen-bond donors (Lipinski definition) is 1. The standard InChI is InChI=1S/C5H6BClNPS/c1-2(8)3-4(6)10-5(7)9-3/h2H,8H2,1H3. The minimum Gasteiger partial charge on any atom is -0.324 e. The van der Waals surface area contributed by atoms with Gasteiger partial charge in [-0.15, -0.1) is 11.3 Å². The molecule has 0 fully saturated rings. The highest BCUT2D eigenvalue weighted by atomic mass is 35.5. The Balaban J connectivity index is 3.03. The number of halogens is 1. The first kappa shape index (κ1) is 8.54. The van der Waals surface area contributed by atoms with E-state index in [1.165, 1.54) is 11.3 Å². The lowest BCUT2D eigenvalue weighted by Crippen LogP contribution is -2.11. The molecule has 1 heterocycles. The first-order chi connectivity index (χ1) is 4.61. The van der Waals surface area contributed by atoms with Gasteiger partial charge in [0.15, 0.2) is 0 Å². The maximum absolute atomic E-state index is 5.74. The highest BCUT2D eigenvalue weighted by Crippen LogP contribution is 2.32. The molecule has 1 rings (SSSR count). The summed E-state index contributed by atoms with van der Waals surface area (Å²) in [4.78, 5) is 0. The van der Waals surface area contributed by atoms with Gasteiger partial charge < -0.3 is 5.73 Å². The smallest absolute Gasteiger partial charge is 0.129 e. The SMILES string of the molecule is [B]c1sc(Cl)pc1C(C)N. The molecule has 2 radical (unpaired) electrons. The van der Waals surface area contributed by atoms with E-state index in [1.807, 2.05) is 6.92 Å². The molecule has 0 bridgehead atoms. The van der Waals surface area contributed by atoms with Gasteiger partial charge in [-0.3, -0.25) is 0 Å². The summed E-state index contributed by atoms with van der Waals surface area (Å²) in [7, 11) is 6.60. The third kappa shape index (κ3) is 1.73. The molecule has 5 heteroatoms. The fourth-order valence-corrected chi connectivity index (χ4v) is 3.19. The van der Waals surface area contributed by atoms with Gasteiger partial charge in [-0.25, -0.2) is 0 Å². The first-order valence-electron chi connectivity index (χ1n) is 2.78. The highest BCUT2D eigenvalue weighted by Gasteiger charge is 2.07. The quantitative estimate of drug-likeness (QED) is 0.670. The lowest BCUT2D eigenvalue weighted by atomic mass is 10.1. The van der Waals surface area contributed by atoms with Crippen LogP contribution in [-0.2, 0) is 0 Å². The Morgan fingerprint density at radius 3 is 2.60 bits per heavy atom. The van der Waals surface area contributed by atoms with Crippen LogP contribution < -0.4 is 10.5 Å². The summed E-state index contributed by atoms with van der Waals surface area (Å²) in [6.45, 7) is 1.91. The van der Waals surface area contributed by atoms with E-state index in [1.54, 1.807) is 0 Å². The zero-order valence-electron chi connectivity index (χ0n) is 5.47. The largest absolute Gasteiger partial charge is 0.324 e. The summed E-state index contributed by atoms with van der Waals surface area (Å²) in [6, 6.07) is 0.0189. The highest BCUT2D eigenvalue weighted by molar-refractivity contribution is 7.50. The topological polar surface area (TPSA) is 26.0 Å². The van der Waals surface area contributed by atoms with Crippen molar-refractivity contribution in [2.75, 3.05) is 0 Å². The van der Waals surface area contributed by atoms with Gasteiger partial charge in [-0.2, -0.15) is 0 Å². The van der Waals surface area contributed by atoms with Crippen molar-refractivity contribution in [3.05, 3.63) is 9.36 Å². The molecule has 0 saturated carbocycles. The molecule has 52 valence electrons. The minimum absolute atomic E-state index is 0.0189. The van der Waals surface area contributed by atoms with E-state index < -0.39 is 0 Å². The second kappa shape index (κ2) is 3.23. The average Bonchev–Trinajstić information content (AvgIpc) is 2.10. The number of nitrogens with two attached hydrogens (primary N) is 1. The zero-order chi connectivity index (χ0) is 7.72. The zero-order valence-corrected chi connectivity index (χ0v) is 7.93. The number of hydrogen-bond acceptors (Lipinski definition) is 2. The lowest BCUT2D eigenvalue weighted by molar-refractivity contribution is 0.845. The summed E-state index contributed by atoms with van der Waals surface area (Å²) >= 11 is 7.14. The molecule has 0 aliphatic carbocycles. The van der Waals surface area contributed by atoms with E-state index in [4.69, 9.17) is 25.2 Å². The second-order valence-electron chi connectivity index (χ2n) is 2.00. The Hall–Kier alpha value is 0.445. The molecule has 10 heavy (non-hydrogen) atoms. The summed E-state index contributed by atoms with van der Waals surface area (Å²) in [5.41, 5.74) is 5.62.